The molecule has 0 heterocycles. The van der Waals surface area contributed by atoms with Gasteiger partial charge in [0.2, 0.25) is 0 Å². The van der Waals surface area contributed by atoms with E-state index in [1.807, 2.05) is 0 Å². The number of rotatable bonds is 4. The van der Waals surface area contributed by atoms with Crippen LogP contribution in [0, 0.1) is 0 Å². The SMILES string of the molecule is CC(C)(C)OC(=O)Nc1cc(C2(CC(=O)O)CC2)ccc1O. The number of hydrogen-bond acceptors (Lipinski definition) is 4. The highest BCUT2D eigenvalue weighted by Gasteiger charge is 2.46. The summed E-state index contributed by atoms with van der Waals surface area (Å²) in [6, 6.07) is 4.78. The maximum Gasteiger partial charge on any atom is 0.412 e. The van der Waals surface area contributed by atoms with E-state index >= 15 is 0 Å². The Morgan fingerprint density at radius 1 is 1.32 bits per heavy atom. The van der Waals surface area contributed by atoms with Crippen LogP contribution in [0.25, 0.3) is 0 Å². The maximum atomic E-state index is 11.8. The first-order chi connectivity index (χ1) is 10.1. The molecule has 2 rings (SSSR count). The Balaban J connectivity index is 2.18. The molecule has 6 heteroatoms. The van der Waals surface area contributed by atoms with Crippen LogP contribution in [0.4, 0.5) is 10.5 Å². The van der Waals surface area contributed by atoms with Crippen LogP contribution in [0.5, 0.6) is 5.75 Å². The molecule has 1 aromatic rings. The van der Waals surface area contributed by atoms with Crippen molar-refractivity contribution in [1.82, 2.24) is 0 Å². The van der Waals surface area contributed by atoms with Crippen molar-refractivity contribution in [1.29, 1.82) is 0 Å². The molecule has 120 valence electrons. The second kappa shape index (κ2) is 5.51. The average molecular weight is 307 g/mol. The minimum atomic E-state index is -0.854. The molecule has 0 unspecified atom stereocenters. The van der Waals surface area contributed by atoms with Gasteiger partial charge in [0, 0.05) is 5.41 Å². The number of benzene rings is 1. The minimum absolute atomic E-state index is 0.0453. The van der Waals surface area contributed by atoms with E-state index in [0.29, 0.717) is 0 Å². The van der Waals surface area contributed by atoms with E-state index < -0.39 is 17.7 Å². The molecule has 1 amide bonds. The van der Waals surface area contributed by atoms with E-state index in [1.54, 1.807) is 32.9 Å². The highest BCUT2D eigenvalue weighted by atomic mass is 16.6. The molecule has 0 spiro atoms. The molecule has 1 saturated carbocycles. The number of aliphatic carboxylic acids is 1. The topological polar surface area (TPSA) is 95.9 Å². The second-order valence-electron chi connectivity index (χ2n) is 6.71. The monoisotopic (exact) mass is 307 g/mol. The first-order valence-electron chi connectivity index (χ1n) is 7.17. The Labute approximate surface area is 129 Å². The fourth-order valence-corrected chi connectivity index (χ4v) is 2.39. The minimum Gasteiger partial charge on any atom is -0.506 e. The fourth-order valence-electron chi connectivity index (χ4n) is 2.39. The van der Waals surface area contributed by atoms with E-state index in [1.165, 1.54) is 6.07 Å². The predicted molar refractivity (Wildman–Crippen MR) is 81.1 cm³/mol. The number of phenolic OH excluding ortho intramolecular Hbond substituents is 1. The first-order valence-corrected chi connectivity index (χ1v) is 7.17. The zero-order valence-electron chi connectivity index (χ0n) is 13.0. The van der Waals surface area contributed by atoms with Gasteiger partial charge in [-0.25, -0.2) is 4.79 Å². The van der Waals surface area contributed by atoms with Crippen LogP contribution >= 0.6 is 0 Å². The number of carboxylic acids is 1. The third-order valence-electron chi connectivity index (χ3n) is 3.59. The zero-order valence-corrected chi connectivity index (χ0v) is 13.0. The molecule has 1 aromatic carbocycles. The number of aromatic hydroxyl groups is 1. The summed E-state index contributed by atoms with van der Waals surface area (Å²) in [5.74, 6) is -0.937. The molecule has 3 N–H and O–H groups in total. The Morgan fingerprint density at radius 2 is 1.95 bits per heavy atom. The molecule has 6 nitrogen and oxygen atoms in total. The lowest BCUT2D eigenvalue weighted by Crippen LogP contribution is -2.27. The van der Waals surface area contributed by atoms with E-state index in [9.17, 15) is 14.7 Å². The van der Waals surface area contributed by atoms with Crippen LogP contribution in [0.1, 0.15) is 45.6 Å². The Hall–Kier alpha value is -2.24. The number of anilines is 1. The van der Waals surface area contributed by atoms with Crippen molar-refractivity contribution in [2.75, 3.05) is 5.32 Å². The molecule has 1 aliphatic rings. The third kappa shape index (κ3) is 3.90. The van der Waals surface area contributed by atoms with Gasteiger partial charge in [0.25, 0.3) is 0 Å². The van der Waals surface area contributed by atoms with Crippen LogP contribution in [-0.2, 0) is 14.9 Å². The van der Waals surface area contributed by atoms with E-state index in [2.05, 4.69) is 5.32 Å². The molecule has 1 fully saturated rings. The lowest BCUT2D eigenvalue weighted by molar-refractivity contribution is -0.137. The van der Waals surface area contributed by atoms with Crippen LogP contribution in [0.3, 0.4) is 0 Å². The van der Waals surface area contributed by atoms with Crippen LogP contribution in [0.2, 0.25) is 0 Å². The Morgan fingerprint density at radius 3 is 2.45 bits per heavy atom. The van der Waals surface area contributed by atoms with Gasteiger partial charge in [0.1, 0.15) is 11.4 Å². The maximum absolute atomic E-state index is 11.8. The summed E-state index contributed by atoms with van der Waals surface area (Å²) < 4.78 is 5.15. The summed E-state index contributed by atoms with van der Waals surface area (Å²) in [6.07, 6.45) is 0.957. The van der Waals surface area contributed by atoms with Gasteiger partial charge in [-0.15, -0.1) is 0 Å². The van der Waals surface area contributed by atoms with Crippen molar-refractivity contribution in [3.63, 3.8) is 0 Å². The molecule has 0 radical (unpaired) electrons. The third-order valence-corrected chi connectivity index (χ3v) is 3.59. The molecular weight excluding hydrogens is 286 g/mol. The standard InChI is InChI=1S/C16H21NO5/c1-15(2,3)22-14(21)17-11-8-10(4-5-12(11)18)16(6-7-16)9-13(19)20/h4-5,8,18H,6-7,9H2,1-3H3,(H,17,21)(H,19,20). The van der Waals surface area contributed by atoms with Crippen molar-refractivity contribution >= 4 is 17.7 Å². The Kier molecular flexibility index (Phi) is 4.04. The van der Waals surface area contributed by atoms with Gasteiger partial charge >= 0.3 is 12.1 Å². The lowest BCUT2D eigenvalue weighted by Gasteiger charge is -2.20. The number of carbonyl (C=O) groups is 2. The molecule has 22 heavy (non-hydrogen) atoms. The largest absolute Gasteiger partial charge is 0.506 e. The number of hydrogen-bond donors (Lipinski definition) is 3. The van der Waals surface area contributed by atoms with Gasteiger partial charge in [0.05, 0.1) is 12.1 Å². The number of amides is 1. The van der Waals surface area contributed by atoms with Crippen LogP contribution < -0.4 is 5.32 Å². The lowest BCUT2D eigenvalue weighted by atomic mass is 9.92. The number of ether oxygens (including phenoxy) is 1. The molecule has 0 bridgehead atoms. The number of nitrogens with one attached hydrogen (secondary N) is 1. The van der Waals surface area contributed by atoms with Gasteiger partial charge in [-0.05, 0) is 51.3 Å². The normalized spacial score (nSPS) is 16.0. The van der Waals surface area contributed by atoms with Gasteiger partial charge in [-0.1, -0.05) is 6.07 Å². The van der Waals surface area contributed by atoms with Crippen molar-refractivity contribution in [2.24, 2.45) is 0 Å². The summed E-state index contributed by atoms with van der Waals surface area (Å²) in [7, 11) is 0. The summed E-state index contributed by atoms with van der Waals surface area (Å²) in [4.78, 5) is 22.8. The van der Waals surface area contributed by atoms with E-state index in [-0.39, 0.29) is 23.3 Å². The van der Waals surface area contributed by atoms with Crippen molar-refractivity contribution in [2.45, 2.75) is 51.0 Å². The highest BCUT2D eigenvalue weighted by molar-refractivity contribution is 5.87. The first kappa shape index (κ1) is 16.1. The zero-order chi connectivity index (χ0) is 16.5. The van der Waals surface area contributed by atoms with E-state index in [4.69, 9.17) is 9.84 Å². The van der Waals surface area contributed by atoms with Crippen LogP contribution in [0.15, 0.2) is 18.2 Å². The molecule has 0 atom stereocenters. The summed E-state index contributed by atoms with van der Waals surface area (Å²) >= 11 is 0. The van der Waals surface area contributed by atoms with Gasteiger partial charge in [-0.3, -0.25) is 10.1 Å². The highest BCUT2D eigenvalue weighted by Crippen LogP contribution is 2.52. The van der Waals surface area contributed by atoms with E-state index in [0.717, 1.165) is 18.4 Å². The number of phenols is 1. The van der Waals surface area contributed by atoms with Crippen LogP contribution in [-0.4, -0.2) is 27.9 Å². The fraction of sp³-hybridized carbons (Fsp3) is 0.500. The van der Waals surface area contributed by atoms with Crippen molar-refractivity contribution < 1.29 is 24.5 Å². The Bertz CT molecular complexity index is 599. The van der Waals surface area contributed by atoms with Gasteiger partial charge in [0.15, 0.2) is 0 Å². The second-order valence-corrected chi connectivity index (χ2v) is 6.71. The van der Waals surface area contributed by atoms with Crippen molar-refractivity contribution in [3.05, 3.63) is 23.8 Å². The molecular formula is C16H21NO5. The van der Waals surface area contributed by atoms with Crippen molar-refractivity contribution in [3.8, 4) is 5.75 Å². The molecule has 1 aliphatic carbocycles. The smallest absolute Gasteiger partial charge is 0.412 e. The molecule has 0 aromatic heterocycles. The average Bonchev–Trinajstić information content (AvgIpc) is 3.09. The number of carboxylic acid groups (broad SMARTS) is 1. The number of carbonyl (C=O) groups excluding carboxylic acids is 1. The predicted octanol–water partition coefficient (Wildman–Crippen LogP) is 3.25. The molecule has 0 aliphatic heterocycles. The molecule has 0 saturated heterocycles. The summed E-state index contributed by atoms with van der Waals surface area (Å²) in [6.45, 7) is 5.23. The summed E-state index contributed by atoms with van der Waals surface area (Å²) in [5, 5.41) is 21.4. The van der Waals surface area contributed by atoms with Gasteiger partial charge in [-0.2, -0.15) is 0 Å². The summed E-state index contributed by atoms with van der Waals surface area (Å²) in [5.41, 5.74) is 0.00422. The van der Waals surface area contributed by atoms with Gasteiger partial charge < -0.3 is 14.9 Å². The quantitative estimate of drug-likeness (QED) is 0.742.